The summed E-state index contributed by atoms with van der Waals surface area (Å²) in [5, 5.41) is 134. The highest BCUT2D eigenvalue weighted by atomic mass is 16.8. The van der Waals surface area contributed by atoms with Crippen molar-refractivity contribution >= 4 is 11.0 Å². The van der Waals surface area contributed by atoms with Gasteiger partial charge in [0.2, 0.25) is 17.5 Å². The van der Waals surface area contributed by atoms with Crippen molar-refractivity contribution in [2.24, 2.45) is 0 Å². The van der Waals surface area contributed by atoms with Crippen molar-refractivity contribution in [3.05, 3.63) is 46.6 Å². The summed E-state index contributed by atoms with van der Waals surface area (Å²) in [5.41, 5.74) is -1.14. The van der Waals surface area contributed by atoms with E-state index in [1.165, 1.54) is 24.3 Å². The van der Waals surface area contributed by atoms with Crippen LogP contribution in [0.2, 0.25) is 0 Å². The summed E-state index contributed by atoms with van der Waals surface area (Å²) in [5.74, 6) is -2.26. The molecule has 54 heavy (non-hydrogen) atoms. The van der Waals surface area contributed by atoms with Crippen molar-refractivity contribution in [2.45, 2.75) is 92.1 Å². The van der Waals surface area contributed by atoms with Crippen LogP contribution in [0.15, 0.2) is 45.6 Å². The molecule has 15 atom stereocenters. The number of aliphatic hydroxyl groups is 10. The standard InChI is InChI=1S/C33H40O21/c34-7-15-19(39)22(42)25(45)32(50-15)53-29-16(8-35)51-31(27(47)24(29)44)48-9-17-20(40)23(43)26(46)33(52-17)54-30-21(41)18-13(38)5-12(37)6-14(18)49-28(30)10-1-3-11(36)4-2-10/h1-6,15-17,19-20,22-27,29,31-40,42-47H,7-9H2. The molecule has 3 aromatic rings. The molecule has 2 aromatic carbocycles. The second-order valence-electron chi connectivity index (χ2n) is 12.9. The van der Waals surface area contributed by atoms with Gasteiger partial charge in [0.15, 0.2) is 18.3 Å². The van der Waals surface area contributed by atoms with E-state index in [-0.39, 0.29) is 22.7 Å². The monoisotopic (exact) mass is 772 g/mol. The minimum Gasteiger partial charge on any atom is -0.508 e. The molecule has 3 fully saturated rings. The second-order valence-corrected chi connectivity index (χ2v) is 12.9. The Kier molecular flexibility index (Phi) is 11.9. The van der Waals surface area contributed by atoms with Crippen molar-refractivity contribution in [3.8, 4) is 34.3 Å². The average molecular weight is 773 g/mol. The molecule has 0 aliphatic carbocycles. The van der Waals surface area contributed by atoms with Crippen LogP contribution < -0.4 is 10.2 Å². The van der Waals surface area contributed by atoms with Crippen molar-refractivity contribution in [3.63, 3.8) is 0 Å². The van der Waals surface area contributed by atoms with Crippen LogP contribution in [0, 0.1) is 0 Å². The molecule has 1 aromatic heterocycles. The van der Waals surface area contributed by atoms with Crippen LogP contribution in [0.3, 0.4) is 0 Å². The molecule has 0 saturated carbocycles. The van der Waals surface area contributed by atoms with E-state index in [0.29, 0.717) is 0 Å². The molecule has 0 amide bonds. The van der Waals surface area contributed by atoms with E-state index < -0.39 is 140 Å². The molecule has 3 aliphatic heterocycles. The van der Waals surface area contributed by atoms with Gasteiger partial charge in [-0.15, -0.1) is 0 Å². The van der Waals surface area contributed by atoms with Crippen molar-refractivity contribution < 1.29 is 99.2 Å². The number of phenolic OH excluding ortho intramolecular Hbond substituents is 3. The molecule has 4 heterocycles. The third kappa shape index (κ3) is 7.58. The molecule has 0 spiro atoms. The summed E-state index contributed by atoms with van der Waals surface area (Å²) in [4.78, 5) is 13.7. The largest absolute Gasteiger partial charge is 0.508 e. The van der Waals surface area contributed by atoms with Crippen LogP contribution in [0.1, 0.15) is 0 Å². The Labute approximate surface area is 303 Å². The number of aromatic hydroxyl groups is 3. The van der Waals surface area contributed by atoms with E-state index >= 15 is 0 Å². The van der Waals surface area contributed by atoms with Crippen LogP contribution >= 0.6 is 0 Å². The van der Waals surface area contributed by atoms with E-state index in [1.807, 2.05) is 0 Å². The van der Waals surface area contributed by atoms with Gasteiger partial charge in [0.25, 0.3) is 0 Å². The number of ether oxygens (including phenoxy) is 6. The Bertz CT molecular complexity index is 1800. The molecule has 0 radical (unpaired) electrons. The van der Waals surface area contributed by atoms with Gasteiger partial charge in [-0.1, -0.05) is 0 Å². The number of hydrogen-bond acceptors (Lipinski definition) is 21. The Balaban J connectivity index is 1.19. The first kappa shape index (κ1) is 39.9. The molecule has 21 nitrogen and oxygen atoms in total. The first-order chi connectivity index (χ1) is 25.6. The lowest BCUT2D eigenvalue weighted by Crippen LogP contribution is -2.65. The van der Waals surface area contributed by atoms with Crippen LogP contribution in [-0.4, -0.2) is 178 Å². The molecule has 15 unspecified atom stereocenters. The quantitative estimate of drug-likeness (QED) is 0.0922. The summed E-state index contributed by atoms with van der Waals surface area (Å²) < 4.78 is 39.1. The summed E-state index contributed by atoms with van der Waals surface area (Å²) in [6, 6.07) is 7.11. The third-order valence-corrected chi connectivity index (χ3v) is 9.33. The smallest absolute Gasteiger partial charge is 0.239 e. The molecule has 13 N–H and O–H groups in total. The summed E-state index contributed by atoms with van der Waals surface area (Å²) in [7, 11) is 0. The van der Waals surface area contributed by atoms with Gasteiger partial charge >= 0.3 is 0 Å². The number of benzene rings is 2. The Morgan fingerprint density at radius 2 is 1.19 bits per heavy atom. The summed E-state index contributed by atoms with van der Waals surface area (Å²) in [6.07, 6.45) is -26.9. The van der Waals surface area contributed by atoms with Gasteiger partial charge < -0.3 is 99.2 Å². The van der Waals surface area contributed by atoms with E-state index in [2.05, 4.69) is 0 Å². The highest BCUT2D eigenvalue weighted by Crippen LogP contribution is 2.38. The van der Waals surface area contributed by atoms with Gasteiger partial charge in [-0.25, -0.2) is 0 Å². The van der Waals surface area contributed by atoms with Crippen LogP contribution in [-0.2, 0) is 23.7 Å². The summed E-state index contributed by atoms with van der Waals surface area (Å²) >= 11 is 0. The van der Waals surface area contributed by atoms with Gasteiger partial charge in [-0.2, -0.15) is 0 Å². The zero-order valence-corrected chi connectivity index (χ0v) is 27.8. The molecular weight excluding hydrogens is 732 g/mol. The second kappa shape index (κ2) is 16.2. The van der Waals surface area contributed by atoms with Crippen molar-refractivity contribution in [2.75, 3.05) is 19.8 Å². The van der Waals surface area contributed by atoms with Crippen LogP contribution in [0.4, 0.5) is 0 Å². The summed E-state index contributed by atoms with van der Waals surface area (Å²) in [6.45, 7) is -2.41. The van der Waals surface area contributed by atoms with E-state index in [1.54, 1.807) is 0 Å². The van der Waals surface area contributed by atoms with Gasteiger partial charge in [-0.3, -0.25) is 4.79 Å². The van der Waals surface area contributed by atoms with Gasteiger partial charge in [0.1, 0.15) is 101 Å². The third-order valence-electron chi connectivity index (χ3n) is 9.33. The van der Waals surface area contributed by atoms with Crippen molar-refractivity contribution in [1.29, 1.82) is 0 Å². The van der Waals surface area contributed by atoms with Crippen LogP contribution in [0.25, 0.3) is 22.3 Å². The number of rotatable bonds is 10. The first-order valence-corrected chi connectivity index (χ1v) is 16.5. The number of hydrogen-bond donors (Lipinski definition) is 13. The van der Waals surface area contributed by atoms with E-state index in [0.717, 1.165) is 12.1 Å². The molecule has 3 aliphatic rings. The van der Waals surface area contributed by atoms with Gasteiger partial charge in [-0.05, 0) is 24.3 Å². The molecule has 298 valence electrons. The highest BCUT2D eigenvalue weighted by Gasteiger charge is 2.52. The topological polar surface area (TPSA) is 349 Å². The van der Waals surface area contributed by atoms with Gasteiger partial charge in [0.05, 0.1) is 19.8 Å². The predicted molar refractivity (Wildman–Crippen MR) is 173 cm³/mol. The molecule has 6 rings (SSSR count). The number of aliphatic hydroxyl groups excluding tert-OH is 10. The Morgan fingerprint density at radius 1 is 0.611 bits per heavy atom. The minimum absolute atomic E-state index is 0.143. The fourth-order valence-electron chi connectivity index (χ4n) is 6.33. The van der Waals surface area contributed by atoms with Crippen LogP contribution in [0.5, 0.6) is 23.0 Å². The first-order valence-electron chi connectivity index (χ1n) is 16.5. The molecule has 21 heteroatoms. The lowest BCUT2D eigenvalue weighted by molar-refractivity contribution is -0.363. The van der Waals surface area contributed by atoms with Crippen molar-refractivity contribution in [1.82, 2.24) is 0 Å². The van der Waals surface area contributed by atoms with E-state index in [4.69, 9.17) is 32.8 Å². The fourth-order valence-corrected chi connectivity index (χ4v) is 6.33. The Hall–Kier alpha value is -3.75. The molecular formula is C33H40O21. The molecule has 3 saturated heterocycles. The minimum atomic E-state index is -2.02. The zero-order valence-electron chi connectivity index (χ0n) is 27.8. The maximum Gasteiger partial charge on any atom is 0.239 e. The normalized spacial score (nSPS) is 37.3. The zero-order chi connectivity index (χ0) is 39.2. The lowest BCUT2D eigenvalue weighted by Gasteiger charge is -2.46. The Morgan fingerprint density at radius 3 is 1.83 bits per heavy atom. The number of fused-ring (bicyclic) bond motifs is 1. The van der Waals surface area contributed by atoms with E-state index in [9.17, 15) is 71.2 Å². The lowest BCUT2D eigenvalue weighted by atomic mass is 9.97. The maximum absolute atomic E-state index is 13.7. The highest BCUT2D eigenvalue weighted by molar-refractivity contribution is 5.88. The SMILES string of the molecule is O=c1c(OC2OC(COC3OC(CO)C(OC4OC(CO)C(O)C(O)C4O)C(O)C3O)C(O)C(O)C2O)c(-c2ccc(O)cc2)oc2cc(O)cc(O)c12. The number of phenols is 3. The fraction of sp³-hybridized carbons (Fsp3) is 0.545. The van der Waals surface area contributed by atoms with Gasteiger partial charge in [0, 0.05) is 17.7 Å². The average Bonchev–Trinajstić information content (AvgIpc) is 3.14. The predicted octanol–water partition coefficient (Wildman–Crippen LogP) is -4.60. The molecule has 0 bridgehead atoms. The maximum atomic E-state index is 13.7.